The number of carbonyl (C=O) groups excluding carboxylic acids is 4. The molecule has 0 saturated carbocycles. The van der Waals surface area contributed by atoms with Crippen LogP contribution in [-0.4, -0.2) is 94.3 Å². The molecule has 5 rings (SSSR count). The highest BCUT2D eigenvalue weighted by atomic mass is 16.5. The molecule has 13 nitrogen and oxygen atoms in total. The number of carbonyl (C=O) groups is 4. The molecule has 1 aliphatic rings. The Morgan fingerprint density at radius 2 is 1.48 bits per heavy atom. The van der Waals surface area contributed by atoms with Crippen LogP contribution in [0.3, 0.4) is 0 Å². The molecule has 5 atom stereocenters. The third-order valence-electron chi connectivity index (χ3n) is 11.2. The minimum absolute atomic E-state index is 0.0507. The van der Waals surface area contributed by atoms with Crippen molar-refractivity contribution in [1.29, 1.82) is 0 Å². The zero-order valence-corrected chi connectivity index (χ0v) is 36.8. The number of pyridine rings is 1. The number of aromatic nitrogens is 1. The van der Waals surface area contributed by atoms with E-state index in [2.05, 4.69) is 20.9 Å². The van der Waals surface area contributed by atoms with Crippen LogP contribution in [0, 0.1) is 17.8 Å². The molecule has 0 aliphatic carbocycles. The summed E-state index contributed by atoms with van der Waals surface area (Å²) >= 11 is 0. The highest BCUT2D eigenvalue weighted by Gasteiger charge is 2.44. The van der Waals surface area contributed by atoms with Gasteiger partial charge in [0.1, 0.15) is 12.1 Å². The molecule has 1 aromatic heterocycles. The van der Waals surface area contributed by atoms with E-state index in [-0.39, 0.29) is 18.9 Å². The van der Waals surface area contributed by atoms with Crippen LogP contribution in [0.5, 0.6) is 0 Å². The number of hydrogen-bond acceptors (Lipinski definition) is 8. The number of ether oxygens (including phenoxy) is 1. The summed E-state index contributed by atoms with van der Waals surface area (Å²) in [6.07, 6.45) is 0.509. The number of nitrogens with two attached hydrogens (primary N) is 1. The van der Waals surface area contributed by atoms with Gasteiger partial charge in [-0.1, -0.05) is 120 Å². The van der Waals surface area contributed by atoms with Crippen molar-refractivity contribution >= 4 is 29.6 Å². The molecule has 61 heavy (non-hydrogen) atoms. The minimum Gasteiger partial charge on any atom is -0.453 e. The smallest absolute Gasteiger partial charge is 0.407 e. The Morgan fingerprint density at radius 1 is 0.803 bits per heavy atom. The zero-order chi connectivity index (χ0) is 44.5. The van der Waals surface area contributed by atoms with E-state index in [0.29, 0.717) is 31.7 Å². The Balaban J connectivity index is 1.42. The second-order valence-electron chi connectivity index (χ2n) is 18.2. The Morgan fingerprint density at radius 3 is 2.10 bits per heavy atom. The van der Waals surface area contributed by atoms with Crippen molar-refractivity contribution in [2.75, 3.05) is 25.9 Å². The largest absolute Gasteiger partial charge is 0.453 e. The molecule has 326 valence electrons. The summed E-state index contributed by atoms with van der Waals surface area (Å²) in [5.74, 6) is -0.834. The van der Waals surface area contributed by atoms with Crippen LogP contribution in [0.25, 0.3) is 11.3 Å². The molecule has 0 unspecified atom stereocenters. The van der Waals surface area contributed by atoms with Gasteiger partial charge in [-0.2, -0.15) is 0 Å². The third kappa shape index (κ3) is 12.3. The van der Waals surface area contributed by atoms with Crippen LogP contribution < -0.4 is 21.7 Å². The highest BCUT2D eigenvalue weighted by molar-refractivity contribution is 5.89. The number of aliphatic hydroxyl groups excluding tert-OH is 1. The van der Waals surface area contributed by atoms with Gasteiger partial charge >= 0.3 is 12.1 Å². The highest BCUT2D eigenvalue weighted by Crippen LogP contribution is 2.30. The Hall–Kier alpha value is -5.95. The van der Waals surface area contributed by atoms with Crippen molar-refractivity contribution in [3.8, 4) is 11.3 Å². The summed E-state index contributed by atoms with van der Waals surface area (Å²) in [5.41, 5.74) is 11.0. The number of alkyl carbamates (subject to hydrolysis) is 1. The predicted molar refractivity (Wildman–Crippen MR) is 238 cm³/mol. The molecule has 1 fully saturated rings. The fraction of sp³-hybridized carbons (Fsp3) is 0.438. The van der Waals surface area contributed by atoms with Gasteiger partial charge in [-0.15, -0.1) is 0 Å². The molecule has 13 heteroatoms. The number of nitrogen functional groups attached to an aromatic ring is 1. The first-order valence-electron chi connectivity index (χ1n) is 20.9. The fourth-order valence-corrected chi connectivity index (χ4v) is 7.90. The Kier molecular flexibility index (Phi) is 15.2. The second-order valence-corrected chi connectivity index (χ2v) is 18.2. The van der Waals surface area contributed by atoms with Crippen molar-refractivity contribution in [1.82, 2.24) is 30.7 Å². The molecule has 3 aromatic carbocycles. The molecular weight excluding hydrogens is 771 g/mol. The summed E-state index contributed by atoms with van der Waals surface area (Å²) in [7, 11) is 1.24. The van der Waals surface area contributed by atoms with Crippen LogP contribution in [0.2, 0.25) is 0 Å². The quantitative estimate of drug-likeness (QED) is 0.0821. The van der Waals surface area contributed by atoms with Gasteiger partial charge in [0.25, 0.3) is 0 Å². The van der Waals surface area contributed by atoms with Gasteiger partial charge in [-0.3, -0.25) is 14.6 Å². The van der Waals surface area contributed by atoms with Gasteiger partial charge in [-0.05, 0) is 71.4 Å². The van der Waals surface area contributed by atoms with E-state index in [1.165, 1.54) is 7.11 Å². The van der Waals surface area contributed by atoms with E-state index in [1.54, 1.807) is 16.0 Å². The number of anilines is 1. The van der Waals surface area contributed by atoms with Crippen molar-refractivity contribution in [3.63, 3.8) is 0 Å². The van der Waals surface area contributed by atoms with E-state index in [1.807, 2.05) is 139 Å². The number of aliphatic hydroxyl groups is 1. The number of para-hydroxylation sites is 1. The van der Waals surface area contributed by atoms with Crippen molar-refractivity contribution in [2.24, 2.45) is 10.8 Å². The van der Waals surface area contributed by atoms with Crippen molar-refractivity contribution in [3.05, 3.63) is 119 Å². The normalized spacial score (nSPS) is 15.7. The summed E-state index contributed by atoms with van der Waals surface area (Å²) in [5, 5.41) is 21.2. The molecular formula is C48H63N7O6. The molecule has 2 heterocycles. The first-order valence-corrected chi connectivity index (χ1v) is 20.9. The number of amides is 5. The summed E-state index contributed by atoms with van der Waals surface area (Å²) in [6.45, 7) is 14.3. The minimum atomic E-state index is -1.15. The lowest BCUT2D eigenvalue weighted by Crippen LogP contribution is -2.59. The second kappa shape index (κ2) is 20.1. The van der Waals surface area contributed by atoms with Gasteiger partial charge in [0.2, 0.25) is 11.8 Å². The van der Waals surface area contributed by atoms with Gasteiger partial charge in [0.05, 0.1) is 24.9 Å². The summed E-state index contributed by atoms with van der Waals surface area (Å²) in [4.78, 5) is 62.9. The standard InChI is InChI=1S/C48H63N7O6/c1-31-15-14-18-35(40(31)49)30-54-25-26-55(46(54)60)42(48(5,6)7)44(58)52-38(28-32-16-10-9-11-17-32)39(56)29-36(51-43(57)41(47(2,3)4)53-45(59)61-8)27-33-20-22-34(23-21-33)37-19-12-13-24-50-37/h9-24,36,38-39,41-42,56H,25-30,49H2,1-8H3,(H,51,57)(H,52,58)(H,53,59)/t36-,38-,39-,41+,42+/m0/s1. The van der Waals surface area contributed by atoms with Crippen LogP contribution in [0.15, 0.2) is 97.2 Å². The lowest BCUT2D eigenvalue weighted by atomic mass is 9.84. The maximum Gasteiger partial charge on any atom is 0.407 e. The molecule has 1 aliphatic heterocycles. The molecule has 1 saturated heterocycles. The number of methoxy groups -OCH3 is 1. The molecule has 5 amide bonds. The number of benzene rings is 3. The third-order valence-corrected chi connectivity index (χ3v) is 11.2. The zero-order valence-electron chi connectivity index (χ0n) is 36.8. The van der Waals surface area contributed by atoms with Gasteiger partial charge in [0.15, 0.2) is 0 Å². The van der Waals surface area contributed by atoms with Crippen molar-refractivity contribution < 1.29 is 29.0 Å². The van der Waals surface area contributed by atoms with Crippen LogP contribution >= 0.6 is 0 Å². The number of nitrogens with zero attached hydrogens (tertiary/aromatic N) is 3. The molecule has 0 radical (unpaired) electrons. The van der Waals surface area contributed by atoms with E-state index in [0.717, 1.165) is 33.5 Å². The molecule has 0 spiro atoms. The molecule has 0 bridgehead atoms. The average molecular weight is 834 g/mol. The average Bonchev–Trinajstić information content (AvgIpc) is 3.56. The predicted octanol–water partition coefficient (Wildman–Crippen LogP) is 6.27. The molecule has 4 aromatic rings. The Bertz CT molecular complexity index is 2100. The molecule has 6 N–H and O–H groups in total. The SMILES string of the molecule is COC(=O)N[C@H](C(=O)N[C@@H](Cc1ccc(-c2ccccn2)cc1)C[C@H](O)[C@H](Cc1ccccc1)NC(=O)[C@@H](N1CCN(Cc2cccc(C)c2N)C1=O)C(C)(C)C)C(C)(C)C. The van der Waals surface area contributed by atoms with Crippen LogP contribution in [-0.2, 0) is 33.7 Å². The van der Waals surface area contributed by atoms with Crippen LogP contribution in [0.4, 0.5) is 15.3 Å². The Labute approximate surface area is 360 Å². The van der Waals surface area contributed by atoms with Crippen LogP contribution in [0.1, 0.15) is 70.2 Å². The number of aryl methyl sites for hydroxylation is 1. The monoisotopic (exact) mass is 833 g/mol. The number of hydrogen-bond donors (Lipinski definition) is 5. The fourth-order valence-electron chi connectivity index (χ4n) is 7.90. The summed E-state index contributed by atoms with van der Waals surface area (Å²) in [6, 6.07) is 25.3. The van der Waals surface area contributed by atoms with E-state index < -0.39 is 59.0 Å². The first-order chi connectivity index (χ1) is 28.8. The van der Waals surface area contributed by atoms with Gasteiger partial charge in [-0.25, -0.2) is 9.59 Å². The van der Waals surface area contributed by atoms with Crippen molar-refractivity contribution in [2.45, 2.75) is 105 Å². The van der Waals surface area contributed by atoms with E-state index in [9.17, 15) is 24.3 Å². The van der Waals surface area contributed by atoms with Gasteiger partial charge < -0.3 is 41.3 Å². The van der Waals surface area contributed by atoms with Gasteiger partial charge in [0, 0.05) is 43.1 Å². The maximum atomic E-state index is 14.6. The summed E-state index contributed by atoms with van der Waals surface area (Å²) < 4.78 is 4.84. The maximum absolute atomic E-state index is 14.6. The number of urea groups is 1. The lowest BCUT2D eigenvalue weighted by molar-refractivity contribution is -0.131. The van der Waals surface area contributed by atoms with E-state index in [4.69, 9.17) is 10.5 Å². The topological polar surface area (TPSA) is 179 Å². The number of rotatable bonds is 16. The van der Waals surface area contributed by atoms with E-state index >= 15 is 0 Å². The lowest BCUT2D eigenvalue weighted by Gasteiger charge is -2.38. The number of nitrogens with one attached hydrogen (secondary N) is 3. The first kappa shape index (κ1) is 46.1.